The highest BCUT2D eigenvalue weighted by atomic mass is 16.2. The molecule has 0 radical (unpaired) electrons. The Hall–Kier alpha value is -2.62. The van der Waals surface area contributed by atoms with Gasteiger partial charge in [-0.1, -0.05) is 18.2 Å². The van der Waals surface area contributed by atoms with Gasteiger partial charge in [0.15, 0.2) is 0 Å². The number of aromatic nitrogens is 2. The Kier molecular flexibility index (Phi) is 2.34. The Morgan fingerprint density at radius 1 is 1.00 bits per heavy atom. The number of pyridine rings is 1. The zero-order valence-corrected chi connectivity index (χ0v) is 9.46. The Morgan fingerprint density at radius 2 is 1.78 bits per heavy atom. The summed E-state index contributed by atoms with van der Waals surface area (Å²) in [6.07, 6.45) is 1.66. The smallest absolute Gasteiger partial charge is 0.262 e. The van der Waals surface area contributed by atoms with Crippen molar-refractivity contribution in [2.75, 3.05) is 0 Å². The summed E-state index contributed by atoms with van der Waals surface area (Å²) in [6.45, 7) is 0. The van der Waals surface area contributed by atoms with Crippen LogP contribution in [0, 0.1) is 0 Å². The van der Waals surface area contributed by atoms with Gasteiger partial charge in [-0.15, -0.1) is 0 Å². The fourth-order valence-corrected chi connectivity index (χ4v) is 1.95. The van der Waals surface area contributed by atoms with E-state index in [1.807, 2.05) is 18.2 Å². The number of aromatic amines is 1. The van der Waals surface area contributed by atoms with Crippen molar-refractivity contribution in [3.05, 3.63) is 70.6 Å². The van der Waals surface area contributed by atoms with E-state index >= 15 is 0 Å². The molecule has 3 aromatic rings. The number of nitrogens with zero attached hydrogens (tertiary/aromatic N) is 1. The zero-order chi connectivity index (χ0) is 12.5. The standard InChI is InChI=1S/C14H10N2O2/c17-13-7-6-12-11(15-13)8-9-16(12)14(18)10-4-2-1-3-5-10/h1-9H,(H,15,17). The summed E-state index contributed by atoms with van der Waals surface area (Å²) in [4.78, 5) is 26.1. The van der Waals surface area contributed by atoms with Crippen molar-refractivity contribution in [3.8, 4) is 0 Å². The molecule has 4 heteroatoms. The highest BCUT2D eigenvalue weighted by Gasteiger charge is 2.10. The van der Waals surface area contributed by atoms with Crippen LogP contribution in [0.4, 0.5) is 0 Å². The van der Waals surface area contributed by atoms with Crippen molar-refractivity contribution in [3.63, 3.8) is 0 Å². The molecule has 18 heavy (non-hydrogen) atoms. The molecule has 3 rings (SSSR count). The molecule has 0 amide bonds. The molecule has 2 aromatic heterocycles. The summed E-state index contributed by atoms with van der Waals surface area (Å²) < 4.78 is 1.53. The predicted octanol–water partition coefficient (Wildman–Crippen LogP) is 2.02. The molecule has 0 bridgehead atoms. The second kappa shape index (κ2) is 4.00. The summed E-state index contributed by atoms with van der Waals surface area (Å²) in [7, 11) is 0. The molecule has 0 aliphatic heterocycles. The minimum Gasteiger partial charge on any atom is -0.321 e. The maximum absolute atomic E-state index is 12.3. The van der Waals surface area contributed by atoms with Gasteiger partial charge in [0.25, 0.3) is 5.91 Å². The third-order valence-corrected chi connectivity index (χ3v) is 2.82. The molecule has 0 unspecified atom stereocenters. The van der Waals surface area contributed by atoms with E-state index in [2.05, 4.69) is 4.98 Å². The minimum absolute atomic E-state index is 0.113. The highest BCUT2D eigenvalue weighted by Crippen LogP contribution is 2.13. The first-order chi connectivity index (χ1) is 8.75. The lowest BCUT2D eigenvalue weighted by molar-refractivity contribution is 0.0965. The van der Waals surface area contributed by atoms with Crippen molar-refractivity contribution in [1.29, 1.82) is 0 Å². The molecule has 4 nitrogen and oxygen atoms in total. The molecule has 0 saturated carbocycles. The lowest BCUT2D eigenvalue weighted by atomic mass is 10.2. The molecule has 2 heterocycles. The Morgan fingerprint density at radius 3 is 2.56 bits per heavy atom. The molecule has 0 spiro atoms. The van der Waals surface area contributed by atoms with Crippen LogP contribution in [0.25, 0.3) is 11.0 Å². The van der Waals surface area contributed by atoms with Gasteiger partial charge >= 0.3 is 0 Å². The van der Waals surface area contributed by atoms with E-state index in [4.69, 9.17) is 0 Å². The van der Waals surface area contributed by atoms with Crippen LogP contribution in [0.15, 0.2) is 59.5 Å². The van der Waals surface area contributed by atoms with Gasteiger partial charge < -0.3 is 4.98 Å². The van der Waals surface area contributed by atoms with E-state index in [0.29, 0.717) is 16.6 Å². The van der Waals surface area contributed by atoms with Gasteiger partial charge in [0.1, 0.15) is 0 Å². The van der Waals surface area contributed by atoms with Gasteiger partial charge in [0.05, 0.1) is 11.0 Å². The first-order valence-electron chi connectivity index (χ1n) is 5.56. The molecule has 0 atom stereocenters. The van der Waals surface area contributed by atoms with Gasteiger partial charge in [0.2, 0.25) is 5.56 Å². The lowest BCUT2D eigenvalue weighted by Gasteiger charge is -2.03. The average Bonchev–Trinajstić information content (AvgIpc) is 2.81. The van der Waals surface area contributed by atoms with Gasteiger partial charge in [0, 0.05) is 17.8 Å². The summed E-state index contributed by atoms with van der Waals surface area (Å²) in [5, 5.41) is 0. The number of H-pyrrole nitrogens is 1. The quantitative estimate of drug-likeness (QED) is 0.705. The second-order valence-corrected chi connectivity index (χ2v) is 3.98. The van der Waals surface area contributed by atoms with Crippen LogP contribution in [0.2, 0.25) is 0 Å². The predicted molar refractivity (Wildman–Crippen MR) is 68.7 cm³/mol. The maximum Gasteiger partial charge on any atom is 0.262 e. The van der Waals surface area contributed by atoms with Crippen molar-refractivity contribution in [2.45, 2.75) is 0 Å². The molecule has 0 saturated heterocycles. The van der Waals surface area contributed by atoms with E-state index in [0.717, 1.165) is 0 Å². The number of carbonyl (C=O) groups excluding carboxylic acids is 1. The van der Waals surface area contributed by atoms with Gasteiger partial charge in [-0.2, -0.15) is 0 Å². The van der Waals surface area contributed by atoms with Crippen molar-refractivity contribution in [1.82, 2.24) is 9.55 Å². The summed E-state index contributed by atoms with van der Waals surface area (Å²) in [5.74, 6) is -0.113. The highest BCUT2D eigenvalue weighted by molar-refractivity contribution is 6.01. The minimum atomic E-state index is -0.174. The second-order valence-electron chi connectivity index (χ2n) is 3.98. The summed E-state index contributed by atoms with van der Waals surface area (Å²) in [6, 6.07) is 13.8. The molecule has 0 aliphatic rings. The molecule has 1 N–H and O–H groups in total. The van der Waals surface area contributed by atoms with Crippen LogP contribution >= 0.6 is 0 Å². The van der Waals surface area contributed by atoms with Crippen molar-refractivity contribution in [2.24, 2.45) is 0 Å². The van der Waals surface area contributed by atoms with Gasteiger partial charge in [-0.25, -0.2) is 0 Å². The summed E-state index contributed by atoms with van der Waals surface area (Å²) in [5.41, 5.74) is 1.80. The monoisotopic (exact) mass is 238 g/mol. The fourth-order valence-electron chi connectivity index (χ4n) is 1.95. The SMILES string of the molecule is O=C(c1ccccc1)n1ccc2[nH]c(=O)ccc21. The van der Waals surface area contributed by atoms with Crippen molar-refractivity contribution >= 4 is 16.9 Å². The molecular weight excluding hydrogens is 228 g/mol. The largest absolute Gasteiger partial charge is 0.321 e. The fraction of sp³-hybridized carbons (Fsp3) is 0. The molecule has 0 fully saturated rings. The van der Waals surface area contributed by atoms with Crippen LogP contribution in [0.1, 0.15) is 10.4 Å². The summed E-state index contributed by atoms with van der Waals surface area (Å²) >= 11 is 0. The van der Waals surface area contributed by atoms with E-state index in [1.165, 1.54) is 10.6 Å². The molecule has 1 aromatic carbocycles. The lowest BCUT2D eigenvalue weighted by Crippen LogP contribution is -2.11. The van der Waals surface area contributed by atoms with Crippen LogP contribution in [0.3, 0.4) is 0 Å². The number of benzene rings is 1. The number of hydrogen-bond acceptors (Lipinski definition) is 2. The van der Waals surface area contributed by atoms with E-state index in [9.17, 15) is 9.59 Å². The van der Waals surface area contributed by atoms with Gasteiger partial charge in [-0.05, 0) is 24.3 Å². The van der Waals surface area contributed by atoms with Crippen LogP contribution in [-0.4, -0.2) is 15.5 Å². The number of nitrogens with one attached hydrogen (secondary N) is 1. The van der Waals surface area contributed by atoms with Crippen molar-refractivity contribution < 1.29 is 4.79 Å². The Bertz CT molecular complexity index is 769. The Labute approximate surface area is 102 Å². The van der Waals surface area contributed by atoms with E-state index in [-0.39, 0.29) is 11.5 Å². The maximum atomic E-state index is 12.3. The molecule has 88 valence electrons. The van der Waals surface area contributed by atoms with E-state index < -0.39 is 0 Å². The van der Waals surface area contributed by atoms with Crippen LogP contribution < -0.4 is 5.56 Å². The third-order valence-electron chi connectivity index (χ3n) is 2.82. The van der Waals surface area contributed by atoms with Crippen LogP contribution in [0.5, 0.6) is 0 Å². The normalized spacial score (nSPS) is 10.7. The Balaban J connectivity index is 2.16. The average molecular weight is 238 g/mol. The zero-order valence-electron chi connectivity index (χ0n) is 9.46. The number of hydrogen-bond donors (Lipinski definition) is 1. The number of rotatable bonds is 1. The topological polar surface area (TPSA) is 54.9 Å². The molecule has 0 aliphatic carbocycles. The first kappa shape index (κ1) is 10.5. The molecular formula is C14H10N2O2. The third kappa shape index (κ3) is 1.64. The van der Waals surface area contributed by atoms with Crippen LogP contribution in [-0.2, 0) is 0 Å². The van der Waals surface area contributed by atoms with Gasteiger partial charge in [-0.3, -0.25) is 14.2 Å². The van der Waals surface area contributed by atoms with E-state index in [1.54, 1.807) is 30.5 Å². The number of fused-ring (bicyclic) bond motifs is 1. The number of carbonyl (C=O) groups is 1. The first-order valence-corrected chi connectivity index (χ1v) is 5.56.